The van der Waals surface area contributed by atoms with Crippen molar-refractivity contribution in [1.82, 2.24) is 19.7 Å². The molecule has 4 rings (SSSR count). The van der Waals surface area contributed by atoms with Gasteiger partial charge in [-0.15, -0.1) is 10.2 Å². The molecular weight excluding hydrogens is 381 g/mol. The van der Waals surface area contributed by atoms with Crippen LogP contribution in [0.5, 0.6) is 0 Å². The van der Waals surface area contributed by atoms with E-state index in [1.807, 2.05) is 41.2 Å². The molecule has 28 heavy (non-hydrogen) atoms. The van der Waals surface area contributed by atoms with Gasteiger partial charge in [0.25, 0.3) is 0 Å². The highest BCUT2D eigenvalue weighted by Gasteiger charge is 2.23. The van der Waals surface area contributed by atoms with Gasteiger partial charge in [-0.3, -0.25) is 4.79 Å². The molecule has 1 amide bonds. The second-order valence-electron chi connectivity index (χ2n) is 6.58. The Bertz CT molecular complexity index is 933. The number of rotatable bonds is 4. The van der Waals surface area contributed by atoms with Gasteiger partial charge >= 0.3 is 0 Å². The van der Waals surface area contributed by atoms with Gasteiger partial charge in [-0.25, -0.2) is 4.39 Å². The maximum Gasteiger partial charge on any atom is 0.227 e. The molecule has 1 aliphatic heterocycles. The molecule has 1 fully saturated rings. The largest absolute Gasteiger partial charge is 0.352 e. The molecule has 0 N–H and O–H groups in total. The van der Waals surface area contributed by atoms with Gasteiger partial charge in [0.1, 0.15) is 5.82 Å². The Morgan fingerprint density at radius 1 is 0.964 bits per heavy atom. The van der Waals surface area contributed by atoms with Crippen LogP contribution in [0.2, 0.25) is 5.02 Å². The summed E-state index contributed by atoms with van der Waals surface area (Å²) in [7, 11) is 0. The van der Waals surface area contributed by atoms with E-state index in [0.29, 0.717) is 26.2 Å². The summed E-state index contributed by atoms with van der Waals surface area (Å²) in [6.07, 6.45) is 3.79. The molecule has 0 spiro atoms. The first-order chi connectivity index (χ1) is 13.6. The molecular formula is C20H19ClFN5O. The summed E-state index contributed by atoms with van der Waals surface area (Å²) < 4.78 is 15.8. The molecule has 1 aromatic carbocycles. The number of aromatic nitrogens is 3. The van der Waals surface area contributed by atoms with Crippen LogP contribution in [-0.2, 0) is 11.2 Å². The molecule has 1 saturated heterocycles. The Hall–Kier alpha value is -2.93. The predicted molar refractivity (Wildman–Crippen MR) is 105 cm³/mol. The molecule has 6 nitrogen and oxygen atoms in total. The second kappa shape index (κ2) is 7.98. The van der Waals surface area contributed by atoms with Crippen LogP contribution in [0.25, 0.3) is 5.82 Å². The topological polar surface area (TPSA) is 54.3 Å². The minimum absolute atomic E-state index is 0.0309. The number of carbonyl (C=O) groups excluding carboxylic acids is 1. The molecule has 3 aromatic rings. The number of benzene rings is 1. The first-order valence-corrected chi connectivity index (χ1v) is 9.42. The van der Waals surface area contributed by atoms with E-state index >= 15 is 0 Å². The van der Waals surface area contributed by atoms with Crippen molar-refractivity contribution >= 4 is 23.3 Å². The lowest BCUT2D eigenvalue weighted by molar-refractivity contribution is -0.130. The molecule has 0 radical (unpaired) electrons. The zero-order chi connectivity index (χ0) is 19.5. The van der Waals surface area contributed by atoms with Crippen molar-refractivity contribution in [3.8, 4) is 5.82 Å². The van der Waals surface area contributed by atoms with E-state index in [1.54, 1.807) is 11.0 Å². The molecule has 1 aliphatic rings. The highest BCUT2D eigenvalue weighted by molar-refractivity contribution is 6.31. The van der Waals surface area contributed by atoms with Crippen molar-refractivity contribution < 1.29 is 9.18 Å². The summed E-state index contributed by atoms with van der Waals surface area (Å²) in [5, 5.41) is 8.85. The molecule has 0 atom stereocenters. The van der Waals surface area contributed by atoms with Crippen LogP contribution < -0.4 is 4.90 Å². The van der Waals surface area contributed by atoms with E-state index < -0.39 is 5.82 Å². The van der Waals surface area contributed by atoms with Crippen LogP contribution in [0.15, 0.2) is 54.9 Å². The summed E-state index contributed by atoms with van der Waals surface area (Å²) in [6.45, 7) is 2.39. The first kappa shape index (κ1) is 18.4. The maximum atomic E-state index is 13.9. The van der Waals surface area contributed by atoms with E-state index in [2.05, 4.69) is 15.1 Å². The molecule has 144 valence electrons. The number of hydrogen-bond donors (Lipinski definition) is 0. The quantitative estimate of drug-likeness (QED) is 0.677. The second-order valence-corrected chi connectivity index (χ2v) is 6.99. The van der Waals surface area contributed by atoms with Crippen molar-refractivity contribution in [1.29, 1.82) is 0 Å². The molecule has 2 aromatic heterocycles. The van der Waals surface area contributed by atoms with E-state index in [4.69, 9.17) is 11.6 Å². The number of piperazine rings is 1. The Morgan fingerprint density at radius 2 is 1.64 bits per heavy atom. The number of nitrogens with zero attached hydrogens (tertiary/aromatic N) is 5. The number of amides is 1. The van der Waals surface area contributed by atoms with Crippen LogP contribution in [0, 0.1) is 5.82 Å². The highest BCUT2D eigenvalue weighted by atomic mass is 35.5. The summed E-state index contributed by atoms with van der Waals surface area (Å²) in [4.78, 5) is 16.4. The van der Waals surface area contributed by atoms with Crippen LogP contribution >= 0.6 is 11.6 Å². The van der Waals surface area contributed by atoms with Gasteiger partial charge < -0.3 is 14.4 Å². The minimum atomic E-state index is -0.447. The summed E-state index contributed by atoms with van der Waals surface area (Å²) in [5.74, 6) is 0.961. The Labute approximate surface area is 167 Å². The molecule has 0 aliphatic carbocycles. The lowest BCUT2D eigenvalue weighted by Crippen LogP contribution is -2.49. The normalized spacial score (nSPS) is 14.4. The van der Waals surface area contributed by atoms with Gasteiger partial charge in [0.2, 0.25) is 5.91 Å². The third kappa shape index (κ3) is 3.84. The molecule has 0 saturated carbocycles. The molecule has 3 heterocycles. The third-order valence-corrected chi connectivity index (χ3v) is 5.21. The fourth-order valence-electron chi connectivity index (χ4n) is 3.26. The molecule has 0 unspecified atom stereocenters. The molecule has 8 heteroatoms. The first-order valence-electron chi connectivity index (χ1n) is 9.04. The van der Waals surface area contributed by atoms with Gasteiger partial charge in [0.15, 0.2) is 11.6 Å². The van der Waals surface area contributed by atoms with Crippen molar-refractivity contribution in [2.45, 2.75) is 6.42 Å². The Morgan fingerprint density at radius 3 is 2.29 bits per heavy atom. The third-order valence-electron chi connectivity index (χ3n) is 4.85. The summed E-state index contributed by atoms with van der Waals surface area (Å²) in [5.41, 5.74) is 0.253. The lowest BCUT2D eigenvalue weighted by Gasteiger charge is -2.35. The van der Waals surface area contributed by atoms with Crippen LogP contribution in [-0.4, -0.2) is 51.8 Å². The zero-order valence-electron chi connectivity index (χ0n) is 15.1. The van der Waals surface area contributed by atoms with E-state index in [1.165, 1.54) is 12.1 Å². The van der Waals surface area contributed by atoms with Crippen molar-refractivity contribution in [2.75, 3.05) is 31.1 Å². The van der Waals surface area contributed by atoms with Crippen molar-refractivity contribution in [3.63, 3.8) is 0 Å². The predicted octanol–water partition coefficient (Wildman–Crippen LogP) is 2.95. The van der Waals surface area contributed by atoms with Gasteiger partial charge in [-0.1, -0.05) is 17.7 Å². The number of halogens is 2. The highest BCUT2D eigenvalue weighted by Crippen LogP contribution is 2.21. The van der Waals surface area contributed by atoms with Gasteiger partial charge in [0.05, 0.1) is 6.42 Å². The van der Waals surface area contributed by atoms with Gasteiger partial charge in [0, 0.05) is 49.2 Å². The Kier molecular flexibility index (Phi) is 5.25. The number of anilines is 1. The number of carbonyl (C=O) groups is 1. The zero-order valence-corrected chi connectivity index (χ0v) is 15.9. The standard InChI is InChI=1S/C20H19ClFN5O/c21-16-4-3-5-17(22)15(16)14-20(28)27-12-10-26(11-13-27)19-7-6-18(23-24-19)25-8-1-2-9-25/h1-9H,10-14H2. The maximum absolute atomic E-state index is 13.9. The Balaban J connectivity index is 1.36. The van der Waals surface area contributed by atoms with E-state index in [0.717, 1.165) is 11.6 Å². The van der Waals surface area contributed by atoms with Crippen LogP contribution in [0.1, 0.15) is 5.56 Å². The van der Waals surface area contributed by atoms with Crippen molar-refractivity contribution in [3.05, 3.63) is 71.3 Å². The smallest absolute Gasteiger partial charge is 0.227 e. The van der Waals surface area contributed by atoms with Gasteiger partial charge in [-0.2, -0.15) is 0 Å². The lowest BCUT2D eigenvalue weighted by atomic mass is 10.1. The van der Waals surface area contributed by atoms with E-state index in [9.17, 15) is 9.18 Å². The fraction of sp³-hybridized carbons (Fsp3) is 0.250. The monoisotopic (exact) mass is 399 g/mol. The summed E-state index contributed by atoms with van der Waals surface area (Å²) in [6, 6.07) is 12.2. The summed E-state index contributed by atoms with van der Waals surface area (Å²) >= 11 is 6.03. The van der Waals surface area contributed by atoms with Crippen molar-refractivity contribution in [2.24, 2.45) is 0 Å². The minimum Gasteiger partial charge on any atom is -0.352 e. The van der Waals surface area contributed by atoms with Gasteiger partial charge in [-0.05, 0) is 36.4 Å². The van der Waals surface area contributed by atoms with E-state index in [-0.39, 0.29) is 22.9 Å². The van der Waals surface area contributed by atoms with Crippen LogP contribution in [0.3, 0.4) is 0 Å². The number of hydrogen-bond acceptors (Lipinski definition) is 4. The average molecular weight is 400 g/mol. The molecule has 0 bridgehead atoms. The van der Waals surface area contributed by atoms with Crippen LogP contribution in [0.4, 0.5) is 10.2 Å². The fourth-order valence-corrected chi connectivity index (χ4v) is 3.49. The SMILES string of the molecule is O=C(Cc1c(F)cccc1Cl)N1CCN(c2ccc(-n3cccc3)nn2)CC1. The average Bonchev–Trinajstić information content (AvgIpc) is 3.26.